The maximum atomic E-state index is 14.4. The first-order valence-electron chi connectivity index (χ1n) is 19.1. The van der Waals surface area contributed by atoms with Crippen molar-refractivity contribution in [1.29, 1.82) is 0 Å². The van der Waals surface area contributed by atoms with Crippen LogP contribution in [0, 0.1) is 0 Å². The Bertz CT molecular complexity index is 1880. The van der Waals surface area contributed by atoms with Gasteiger partial charge in [-0.15, -0.1) is 0 Å². The molecule has 0 aliphatic carbocycles. The SMILES string of the molecule is CCN(CC)[C@H](C)C(=O)N1CCC[C@H]1c1ncc(-c2cnc(-c3ccc(-c4nc([C@@H]5CCCN5C(=O)[C@H](C)N(CC)CC)[nH]c4C(F)(F)F)cc3)nc2)[nH]1. The topological polar surface area (TPSA) is 130 Å². The Hall–Kier alpha value is -4.63. The Kier molecular flexibility index (Phi) is 11.9. The molecule has 0 spiro atoms. The standard InChI is InChI=1S/C39H51F3N10O2/c1-7-49(8-2)24(5)37(53)51-19-11-13-30(51)35-45-23-29(46-35)28-21-43-34(44-22-28)27-17-15-26(16-18-27)32-33(39(40,41)42)48-36(47-32)31-14-12-20-52(31)38(54)25(6)50(9-3)10-4/h15-18,21-25,30-31H,7-14,19-20H2,1-6H3,(H,45,46)(H,47,48)/t24-,25+,30+,31+/m1/s1. The molecule has 2 aliphatic rings. The van der Waals surface area contributed by atoms with Gasteiger partial charge in [-0.05, 0) is 65.7 Å². The molecule has 1 aromatic carbocycles. The van der Waals surface area contributed by atoms with Crippen LogP contribution < -0.4 is 0 Å². The summed E-state index contributed by atoms with van der Waals surface area (Å²) in [7, 11) is 0. The zero-order chi connectivity index (χ0) is 38.7. The number of H-pyrrole nitrogens is 2. The number of benzene rings is 1. The number of likely N-dealkylation sites (tertiary alicyclic amines) is 2. The molecule has 2 N–H and O–H groups in total. The van der Waals surface area contributed by atoms with E-state index in [9.17, 15) is 22.8 Å². The molecule has 0 radical (unpaired) electrons. The van der Waals surface area contributed by atoms with E-state index in [0.717, 1.165) is 37.4 Å². The summed E-state index contributed by atoms with van der Waals surface area (Å²) < 4.78 is 43.1. The number of carbonyl (C=O) groups is 2. The highest BCUT2D eigenvalue weighted by Gasteiger charge is 2.41. The van der Waals surface area contributed by atoms with Gasteiger partial charge in [-0.25, -0.2) is 19.9 Å². The molecule has 2 aliphatic heterocycles. The van der Waals surface area contributed by atoms with Gasteiger partial charge >= 0.3 is 6.18 Å². The molecule has 4 aromatic rings. The second kappa shape index (κ2) is 16.4. The highest BCUT2D eigenvalue weighted by molar-refractivity contribution is 5.83. The number of nitrogens with zero attached hydrogens (tertiary/aromatic N) is 8. The van der Waals surface area contributed by atoms with Gasteiger partial charge in [0, 0.05) is 42.2 Å². The molecule has 2 fully saturated rings. The number of carbonyl (C=O) groups excluding carboxylic acids is 2. The number of rotatable bonds is 13. The average Bonchev–Trinajstić information content (AvgIpc) is 4.01. The lowest BCUT2D eigenvalue weighted by atomic mass is 10.1. The number of hydrogen-bond acceptors (Lipinski definition) is 8. The lowest BCUT2D eigenvalue weighted by molar-refractivity contribution is -0.140. The van der Waals surface area contributed by atoms with Crippen molar-refractivity contribution < 1.29 is 22.8 Å². The first-order chi connectivity index (χ1) is 25.9. The Morgan fingerprint density at radius 1 is 0.741 bits per heavy atom. The third-order valence-electron chi connectivity index (χ3n) is 11.1. The van der Waals surface area contributed by atoms with E-state index in [0.29, 0.717) is 56.0 Å². The van der Waals surface area contributed by atoms with E-state index in [1.54, 1.807) is 47.8 Å². The van der Waals surface area contributed by atoms with E-state index in [-0.39, 0.29) is 47.0 Å². The Balaban J connectivity index is 1.18. The quantitative estimate of drug-likeness (QED) is 0.154. The van der Waals surface area contributed by atoms with E-state index < -0.39 is 17.9 Å². The van der Waals surface area contributed by atoms with E-state index >= 15 is 0 Å². The molecule has 12 nitrogen and oxygen atoms in total. The van der Waals surface area contributed by atoms with E-state index in [4.69, 9.17) is 0 Å². The van der Waals surface area contributed by atoms with Gasteiger partial charge in [0.15, 0.2) is 5.82 Å². The maximum Gasteiger partial charge on any atom is 0.433 e. The van der Waals surface area contributed by atoms with Crippen molar-refractivity contribution in [3.63, 3.8) is 0 Å². The number of imidazole rings is 2. The van der Waals surface area contributed by atoms with Crippen LogP contribution in [0.1, 0.15) is 96.7 Å². The molecule has 0 saturated carbocycles. The van der Waals surface area contributed by atoms with Crippen molar-refractivity contribution >= 4 is 11.8 Å². The molecule has 5 heterocycles. The number of nitrogens with one attached hydrogen (secondary N) is 2. The molecule has 15 heteroatoms. The van der Waals surface area contributed by atoms with Crippen molar-refractivity contribution in [2.45, 2.75) is 97.6 Å². The van der Waals surface area contributed by atoms with Crippen LogP contribution in [-0.2, 0) is 15.8 Å². The summed E-state index contributed by atoms with van der Waals surface area (Å²) in [6.45, 7) is 16.0. The Morgan fingerprint density at radius 2 is 1.24 bits per heavy atom. The third kappa shape index (κ3) is 7.79. The molecule has 290 valence electrons. The number of likely N-dealkylation sites (N-methyl/N-ethyl adjacent to an activating group) is 2. The predicted molar refractivity (Wildman–Crippen MR) is 200 cm³/mol. The number of aromatic amines is 2. The fraction of sp³-hybridized carbons (Fsp3) is 0.538. The largest absolute Gasteiger partial charge is 0.433 e. The monoisotopic (exact) mass is 748 g/mol. The Morgan fingerprint density at radius 3 is 1.74 bits per heavy atom. The summed E-state index contributed by atoms with van der Waals surface area (Å²) >= 11 is 0. The van der Waals surface area contributed by atoms with Gasteiger partial charge in [0.2, 0.25) is 11.8 Å². The molecule has 0 bridgehead atoms. The molecule has 2 amide bonds. The van der Waals surface area contributed by atoms with E-state index in [1.165, 1.54) is 0 Å². The van der Waals surface area contributed by atoms with Crippen molar-refractivity contribution in [2.75, 3.05) is 39.3 Å². The van der Waals surface area contributed by atoms with Gasteiger partial charge < -0.3 is 19.8 Å². The second-order valence-corrected chi connectivity index (χ2v) is 14.1. The van der Waals surface area contributed by atoms with Crippen LogP contribution in [0.4, 0.5) is 13.2 Å². The number of hydrogen-bond donors (Lipinski definition) is 2. The summed E-state index contributed by atoms with van der Waals surface area (Å²) in [6, 6.07) is 5.22. The maximum absolute atomic E-state index is 14.4. The zero-order valence-electron chi connectivity index (χ0n) is 32.0. The van der Waals surface area contributed by atoms with Gasteiger partial charge in [-0.2, -0.15) is 13.2 Å². The first kappa shape index (κ1) is 39.1. The Labute approximate surface area is 314 Å². The number of aromatic nitrogens is 6. The highest BCUT2D eigenvalue weighted by atomic mass is 19.4. The summed E-state index contributed by atoms with van der Waals surface area (Å²) in [4.78, 5) is 58.7. The van der Waals surface area contributed by atoms with E-state index in [2.05, 4.69) is 48.7 Å². The summed E-state index contributed by atoms with van der Waals surface area (Å²) in [5, 5.41) is 0. The van der Waals surface area contributed by atoms with Gasteiger partial charge in [0.05, 0.1) is 36.1 Å². The van der Waals surface area contributed by atoms with Gasteiger partial charge in [0.25, 0.3) is 0 Å². The van der Waals surface area contributed by atoms with Crippen LogP contribution in [0.25, 0.3) is 33.9 Å². The molecule has 4 atom stereocenters. The zero-order valence-corrected chi connectivity index (χ0v) is 32.0. The van der Waals surface area contributed by atoms with Crippen molar-refractivity contribution in [3.05, 3.63) is 60.2 Å². The predicted octanol–water partition coefficient (Wildman–Crippen LogP) is 6.73. The minimum Gasteiger partial charge on any atom is -0.340 e. The van der Waals surface area contributed by atoms with Crippen molar-refractivity contribution in [2.24, 2.45) is 0 Å². The minimum absolute atomic E-state index is 0.105. The highest BCUT2D eigenvalue weighted by Crippen LogP contribution is 2.40. The smallest absolute Gasteiger partial charge is 0.340 e. The van der Waals surface area contributed by atoms with Gasteiger partial charge in [-0.3, -0.25) is 19.4 Å². The van der Waals surface area contributed by atoms with Crippen molar-refractivity contribution in [3.8, 4) is 33.9 Å². The molecule has 3 aromatic heterocycles. The van der Waals surface area contributed by atoms with Crippen LogP contribution in [0.5, 0.6) is 0 Å². The van der Waals surface area contributed by atoms with Crippen LogP contribution in [0.3, 0.4) is 0 Å². The molecular formula is C39H51F3N10O2. The number of amides is 2. The summed E-state index contributed by atoms with van der Waals surface area (Å²) in [6.07, 6.45) is 3.34. The minimum atomic E-state index is -4.68. The molecule has 6 rings (SSSR count). The molecule has 2 saturated heterocycles. The van der Waals surface area contributed by atoms with Crippen LogP contribution in [0.2, 0.25) is 0 Å². The second-order valence-electron chi connectivity index (χ2n) is 14.1. The normalized spacial score (nSPS) is 18.9. The lowest BCUT2D eigenvalue weighted by Gasteiger charge is -2.31. The fourth-order valence-corrected chi connectivity index (χ4v) is 7.97. The van der Waals surface area contributed by atoms with Gasteiger partial charge in [-0.1, -0.05) is 52.0 Å². The number of halogens is 3. The molecule has 0 unspecified atom stereocenters. The van der Waals surface area contributed by atoms with Crippen LogP contribution in [0.15, 0.2) is 42.9 Å². The van der Waals surface area contributed by atoms with Crippen LogP contribution >= 0.6 is 0 Å². The third-order valence-corrected chi connectivity index (χ3v) is 11.1. The lowest BCUT2D eigenvalue weighted by Crippen LogP contribution is -2.46. The van der Waals surface area contributed by atoms with E-state index in [1.807, 2.05) is 37.5 Å². The molecule has 54 heavy (non-hydrogen) atoms. The van der Waals surface area contributed by atoms with Gasteiger partial charge in [0.1, 0.15) is 23.0 Å². The van der Waals surface area contributed by atoms with Crippen molar-refractivity contribution in [1.82, 2.24) is 49.5 Å². The summed E-state index contributed by atoms with van der Waals surface area (Å²) in [5.74, 6) is 1.27. The summed E-state index contributed by atoms with van der Waals surface area (Å²) in [5.41, 5.74) is 1.20. The first-order valence-corrected chi connectivity index (χ1v) is 19.1. The number of alkyl halides is 3. The fourth-order valence-electron chi connectivity index (χ4n) is 7.97. The van der Waals surface area contributed by atoms with Crippen LogP contribution in [-0.4, -0.2) is 113 Å². The molecular weight excluding hydrogens is 697 g/mol. The average molecular weight is 749 g/mol.